The van der Waals surface area contributed by atoms with Crippen LogP contribution in [-0.4, -0.2) is 12.6 Å². The molecule has 0 spiro atoms. The van der Waals surface area contributed by atoms with Crippen molar-refractivity contribution < 1.29 is 0 Å². The van der Waals surface area contributed by atoms with Crippen molar-refractivity contribution in [3.05, 3.63) is 0 Å². The molecule has 0 amide bonds. The highest BCUT2D eigenvalue weighted by Gasteiger charge is 2.20. The molecule has 0 heterocycles. The van der Waals surface area contributed by atoms with Crippen LogP contribution in [0.25, 0.3) is 0 Å². The van der Waals surface area contributed by atoms with Crippen molar-refractivity contribution in [1.29, 1.82) is 0 Å². The van der Waals surface area contributed by atoms with Gasteiger partial charge >= 0.3 is 0 Å². The molecule has 1 heteroatoms. The maximum atomic E-state index is 3.63. The Labute approximate surface area is 90.7 Å². The largest absolute Gasteiger partial charge is 0.314 e. The third-order valence-corrected chi connectivity index (χ3v) is 3.51. The topological polar surface area (TPSA) is 12.0 Å². The van der Waals surface area contributed by atoms with Gasteiger partial charge in [0.2, 0.25) is 0 Å². The Morgan fingerprint density at radius 3 is 1.93 bits per heavy atom. The van der Waals surface area contributed by atoms with Crippen molar-refractivity contribution in [2.45, 2.75) is 60.4 Å². The highest BCUT2D eigenvalue weighted by atomic mass is 14.9. The molecule has 0 radical (unpaired) electrons. The lowest BCUT2D eigenvalue weighted by atomic mass is 9.84. The van der Waals surface area contributed by atoms with Crippen molar-refractivity contribution in [2.75, 3.05) is 6.54 Å². The molecule has 0 saturated carbocycles. The van der Waals surface area contributed by atoms with E-state index in [0.717, 1.165) is 24.3 Å². The van der Waals surface area contributed by atoms with Crippen LogP contribution in [0.2, 0.25) is 0 Å². The molecule has 0 aliphatic carbocycles. The lowest BCUT2D eigenvalue weighted by Gasteiger charge is -2.29. The normalized spacial score (nSPS) is 18.2. The van der Waals surface area contributed by atoms with Crippen molar-refractivity contribution in [2.24, 2.45) is 17.8 Å². The minimum absolute atomic E-state index is 0.704. The predicted octanol–water partition coefficient (Wildman–Crippen LogP) is 3.69. The molecule has 0 rings (SSSR count). The minimum Gasteiger partial charge on any atom is -0.314 e. The zero-order valence-corrected chi connectivity index (χ0v) is 10.9. The van der Waals surface area contributed by atoms with E-state index in [4.69, 9.17) is 0 Å². The number of rotatable bonds is 7. The number of nitrogens with one attached hydrogen (secondary N) is 1. The second-order valence-electron chi connectivity index (χ2n) is 5.02. The summed E-state index contributed by atoms with van der Waals surface area (Å²) in [6, 6.07) is 0.704. The van der Waals surface area contributed by atoms with Crippen LogP contribution in [0.4, 0.5) is 0 Å². The smallest absolute Gasteiger partial charge is 0.00975 e. The van der Waals surface area contributed by atoms with Gasteiger partial charge in [0.15, 0.2) is 0 Å². The van der Waals surface area contributed by atoms with Gasteiger partial charge in [-0.2, -0.15) is 0 Å². The van der Waals surface area contributed by atoms with Gasteiger partial charge < -0.3 is 5.32 Å². The standard InChI is InChI=1S/C13H29N/c1-7-11(5)9-13(14-8-2)12(6)10(3)4/h10-14H,7-9H2,1-6H3. The quantitative estimate of drug-likeness (QED) is 0.659. The monoisotopic (exact) mass is 199 g/mol. The molecule has 0 aromatic carbocycles. The zero-order valence-electron chi connectivity index (χ0n) is 10.9. The first-order valence-electron chi connectivity index (χ1n) is 6.26. The summed E-state index contributed by atoms with van der Waals surface area (Å²) in [5.41, 5.74) is 0. The highest BCUT2D eigenvalue weighted by Crippen LogP contribution is 2.21. The Bertz CT molecular complexity index is 131. The molecule has 1 nitrogen and oxygen atoms in total. The summed E-state index contributed by atoms with van der Waals surface area (Å²) in [7, 11) is 0. The zero-order chi connectivity index (χ0) is 11.1. The fourth-order valence-electron chi connectivity index (χ4n) is 1.81. The van der Waals surface area contributed by atoms with Crippen LogP contribution in [-0.2, 0) is 0 Å². The van der Waals surface area contributed by atoms with E-state index in [1.807, 2.05) is 0 Å². The molecule has 86 valence electrons. The fraction of sp³-hybridized carbons (Fsp3) is 1.00. The summed E-state index contributed by atoms with van der Waals surface area (Å²) in [5, 5.41) is 3.63. The Morgan fingerprint density at radius 1 is 1.00 bits per heavy atom. The van der Waals surface area contributed by atoms with Crippen LogP contribution in [0, 0.1) is 17.8 Å². The third kappa shape index (κ3) is 4.99. The molecular weight excluding hydrogens is 170 g/mol. The van der Waals surface area contributed by atoms with Gasteiger partial charge in [-0.25, -0.2) is 0 Å². The Kier molecular flexibility index (Phi) is 7.26. The van der Waals surface area contributed by atoms with Gasteiger partial charge in [-0.05, 0) is 30.7 Å². The van der Waals surface area contributed by atoms with E-state index >= 15 is 0 Å². The van der Waals surface area contributed by atoms with Gasteiger partial charge in [0.05, 0.1) is 0 Å². The van der Waals surface area contributed by atoms with Crippen molar-refractivity contribution in [1.82, 2.24) is 5.32 Å². The first kappa shape index (κ1) is 14.0. The first-order chi connectivity index (χ1) is 6.52. The maximum absolute atomic E-state index is 3.63. The van der Waals surface area contributed by atoms with E-state index in [0.29, 0.717) is 6.04 Å². The SMILES string of the molecule is CCNC(CC(C)CC)C(C)C(C)C. The molecule has 3 atom stereocenters. The van der Waals surface area contributed by atoms with Crippen LogP contribution in [0.5, 0.6) is 0 Å². The van der Waals surface area contributed by atoms with E-state index < -0.39 is 0 Å². The van der Waals surface area contributed by atoms with Gasteiger partial charge in [-0.3, -0.25) is 0 Å². The second-order valence-corrected chi connectivity index (χ2v) is 5.02. The van der Waals surface area contributed by atoms with Gasteiger partial charge in [0.25, 0.3) is 0 Å². The average Bonchev–Trinajstić information content (AvgIpc) is 2.15. The van der Waals surface area contributed by atoms with Crippen LogP contribution in [0.15, 0.2) is 0 Å². The molecule has 0 aromatic heterocycles. The third-order valence-electron chi connectivity index (χ3n) is 3.51. The molecule has 0 saturated heterocycles. The maximum Gasteiger partial charge on any atom is 0.00975 e. The summed E-state index contributed by atoms with van der Waals surface area (Å²) in [4.78, 5) is 0. The molecule has 3 unspecified atom stereocenters. The lowest BCUT2D eigenvalue weighted by Crippen LogP contribution is -2.38. The molecule has 0 aliphatic heterocycles. The van der Waals surface area contributed by atoms with Crippen molar-refractivity contribution >= 4 is 0 Å². The van der Waals surface area contributed by atoms with E-state index in [1.165, 1.54) is 12.8 Å². The molecular formula is C13H29N. The number of hydrogen-bond donors (Lipinski definition) is 1. The van der Waals surface area contributed by atoms with Crippen molar-refractivity contribution in [3.8, 4) is 0 Å². The molecule has 1 N–H and O–H groups in total. The van der Waals surface area contributed by atoms with E-state index in [-0.39, 0.29) is 0 Å². The average molecular weight is 199 g/mol. The highest BCUT2D eigenvalue weighted by molar-refractivity contribution is 4.76. The number of hydrogen-bond acceptors (Lipinski definition) is 1. The summed E-state index contributed by atoms with van der Waals surface area (Å²) in [5.74, 6) is 2.41. The lowest BCUT2D eigenvalue weighted by molar-refractivity contribution is 0.260. The van der Waals surface area contributed by atoms with Crippen LogP contribution in [0.1, 0.15) is 54.4 Å². The van der Waals surface area contributed by atoms with Crippen molar-refractivity contribution in [3.63, 3.8) is 0 Å². The second kappa shape index (κ2) is 7.28. The van der Waals surface area contributed by atoms with E-state index in [1.54, 1.807) is 0 Å². The van der Waals surface area contributed by atoms with E-state index in [2.05, 4.69) is 46.9 Å². The summed E-state index contributed by atoms with van der Waals surface area (Å²) >= 11 is 0. The predicted molar refractivity (Wildman–Crippen MR) is 65.5 cm³/mol. The van der Waals surface area contributed by atoms with Crippen LogP contribution < -0.4 is 5.32 Å². The summed E-state index contributed by atoms with van der Waals surface area (Å²) < 4.78 is 0. The molecule has 0 bridgehead atoms. The molecule has 0 aliphatic rings. The minimum atomic E-state index is 0.704. The first-order valence-corrected chi connectivity index (χ1v) is 6.26. The molecule has 0 fully saturated rings. The van der Waals surface area contributed by atoms with Crippen LogP contribution >= 0.6 is 0 Å². The summed E-state index contributed by atoms with van der Waals surface area (Å²) in [6.45, 7) is 15.0. The van der Waals surface area contributed by atoms with Gasteiger partial charge in [0.1, 0.15) is 0 Å². The van der Waals surface area contributed by atoms with Crippen LogP contribution in [0.3, 0.4) is 0 Å². The summed E-state index contributed by atoms with van der Waals surface area (Å²) in [6.07, 6.45) is 2.62. The Balaban J connectivity index is 4.13. The fourth-order valence-corrected chi connectivity index (χ4v) is 1.81. The van der Waals surface area contributed by atoms with Gasteiger partial charge in [-0.1, -0.05) is 48.0 Å². The Morgan fingerprint density at radius 2 is 1.57 bits per heavy atom. The molecule has 0 aromatic rings. The van der Waals surface area contributed by atoms with Gasteiger partial charge in [-0.15, -0.1) is 0 Å². The van der Waals surface area contributed by atoms with Gasteiger partial charge in [0, 0.05) is 6.04 Å². The van der Waals surface area contributed by atoms with E-state index in [9.17, 15) is 0 Å². The Hall–Kier alpha value is -0.0400. The molecule has 14 heavy (non-hydrogen) atoms.